The van der Waals surface area contributed by atoms with Gasteiger partial charge in [-0.05, 0) is 55.6 Å². The Balaban J connectivity index is 1.40. The van der Waals surface area contributed by atoms with E-state index in [1.54, 1.807) is 17.0 Å². The minimum Gasteiger partial charge on any atom is -0.355 e. The number of carbonyl (C=O) groups is 3. The Morgan fingerprint density at radius 3 is 2.11 bits per heavy atom. The fourth-order valence-electron chi connectivity index (χ4n) is 4.59. The lowest BCUT2D eigenvalue weighted by atomic mass is 9.91. The van der Waals surface area contributed by atoms with Gasteiger partial charge in [-0.15, -0.1) is 0 Å². The maximum atomic E-state index is 12.6. The van der Waals surface area contributed by atoms with E-state index in [-0.39, 0.29) is 35.6 Å². The van der Waals surface area contributed by atoms with E-state index >= 15 is 0 Å². The third-order valence-electron chi connectivity index (χ3n) is 6.36. The van der Waals surface area contributed by atoms with Crippen molar-refractivity contribution in [2.45, 2.75) is 26.7 Å². The van der Waals surface area contributed by atoms with E-state index in [9.17, 15) is 14.4 Å². The molecule has 0 bridgehead atoms. The van der Waals surface area contributed by atoms with Crippen LogP contribution in [0.3, 0.4) is 0 Å². The van der Waals surface area contributed by atoms with Gasteiger partial charge in [0.05, 0.1) is 6.54 Å². The number of benzene rings is 2. The zero-order valence-corrected chi connectivity index (χ0v) is 21.3. The number of piperidine rings is 1. The van der Waals surface area contributed by atoms with Gasteiger partial charge >= 0.3 is 0 Å². The highest BCUT2D eigenvalue weighted by molar-refractivity contribution is 5.96. The second-order valence-electron chi connectivity index (χ2n) is 10.4. The number of hydrogen-bond donors (Lipinski definition) is 2. The smallest absolute Gasteiger partial charge is 0.251 e. The molecule has 1 fully saturated rings. The highest BCUT2D eigenvalue weighted by atomic mass is 16.2. The number of amides is 3. The molecular formula is C28H38N4O3. The van der Waals surface area contributed by atoms with Gasteiger partial charge in [0.2, 0.25) is 11.8 Å². The van der Waals surface area contributed by atoms with E-state index in [4.69, 9.17) is 0 Å². The van der Waals surface area contributed by atoms with Crippen LogP contribution in [0.4, 0.5) is 0 Å². The van der Waals surface area contributed by atoms with Crippen LogP contribution in [-0.4, -0.2) is 74.3 Å². The predicted octanol–water partition coefficient (Wildman–Crippen LogP) is 3.03. The molecule has 1 heterocycles. The standard InChI is InChI=1S/C28H38N4O3/c1-28(2,20-31(3)4)19-30-27(35)24-14-16-32(17-15-24)25(33)18-29-26(34)23-12-10-22(11-13-23)21-8-6-5-7-9-21/h5-13,24H,14-20H2,1-4H3,(H,29,34)(H,30,35). The first-order valence-electron chi connectivity index (χ1n) is 12.3. The van der Waals surface area contributed by atoms with Crippen LogP contribution >= 0.6 is 0 Å². The SMILES string of the molecule is CN(C)CC(C)(C)CNC(=O)C1CCN(C(=O)CNC(=O)c2ccc(-c3ccccc3)cc2)CC1. The summed E-state index contributed by atoms with van der Waals surface area (Å²) in [6.45, 7) is 6.81. The number of likely N-dealkylation sites (tertiary alicyclic amines) is 1. The molecule has 3 rings (SSSR count). The van der Waals surface area contributed by atoms with Gasteiger partial charge in [0.25, 0.3) is 5.91 Å². The zero-order chi connectivity index (χ0) is 25.4. The second kappa shape index (κ2) is 12.0. The lowest BCUT2D eigenvalue weighted by molar-refractivity contribution is -0.134. The van der Waals surface area contributed by atoms with Gasteiger partial charge in [0.1, 0.15) is 0 Å². The molecule has 1 saturated heterocycles. The molecule has 1 aliphatic rings. The van der Waals surface area contributed by atoms with Gasteiger partial charge in [-0.2, -0.15) is 0 Å². The van der Waals surface area contributed by atoms with E-state index < -0.39 is 0 Å². The van der Waals surface area contributed by atoms with Crippen LogP contribution in [0.2, 0.25) is 0 Å². The fourth-order valence-corrected chi connectivity index (χ4v) is 4.59. The van der Waals surface area contributed by atoms with Crippen molar-refractivity contribution < 1.29 is 14.4 Å². The van der Waals surface area contributed by atoms with Crippen LogP contribution in [0, 0.1) is 11.3 Å². The molecule has 2 N–H and O–H groups in total. The topological polar surface area (TPSA) is 81.8 Å². The predicted molar refractivity (Wildman–Crippen MR) is 139 cm³/mol. The Hall–Kier alpha value is -3.19. The summed E-state index contributed by atoms with van der Waals surface area (Å²) in [6.07, 6.45) is 1.28. The summed E-state index contributed by atoms with van der Waals surface area (Å²) in [5.41, 5.74) is 2.64. The summed E-state index contributed by atoms with van der Waals surface area (Å²) in [7, 11) is 4.06. The van der Waals surface area contributed by atoms with Gasteiger partial charge in [0.15, 0.2) is 0 Å². The second-order valence-corrected chi connectivity index (χ2v) is 10.4. The minimum absolute atomic E-state index is 0.00407. The summed E-state index contributed by atoms with van der Waals surface area (Å²) in [4.78, 5) is 41.6. The van der Waals surface area contributed by atoms with Crippen molar-refractivity contribution in [1.82, 2.24) is 20.4 Å². The molecule has 0 spiro atoms. The Bertz CT molecular complexity index is 995. The largest absolute Gasteiger partial charge is 0.355 e. The molecule has 2 aromatic rings. The van der Waals surface area contributed by atoms with Crippen molar-refractivity contribution >= 4 is 17.7 Å². The molecule has 3 amide bonds. The van der Waals surface area contributed by atoms with E-state index in [1.807, 2.05) is 56.6 Å². The van der Waals surface area contributed by atoms with E-state index in [1.165, 1.54) is 0 Å². The molecule has 188 valence electrons. The first kappa shape index (κ1) is 26.4. The summed E-state index contributed by atoms with van der Waals surface area (Å²) in [5.74, 6) is -0.402. The third-order valence-corrected chi connectivity index (χ3v) is 6.36. The Labute approximate surface area is 208 Å². The van der Waals surface area contributed by atoms with Crippen LogP contribution in [0.15, 0.2) is 54.6 Å². The first-order chi connectivity index (χ1) is 16.6. The van der Waals surface area contributed by atoms with Crippen LogP contribution in [0.1, 0.15) is 37.0 Å². The van der Waals surface area contributed by atoms with E-state index in [2.05, 4.69) is 29.4 Å². The molecule has 35 heavy (non-hydrogen) atoms. The first-order valence-corrected chi connectivity index (χ1v) is 12.3. The summed E-state index contributed by atoms with van der Waals surface area (Å²) in [6, 6.07) is 17.3. The molecule has 0 aromatic heterocycles. The van der Waals surface area contributed by atoms with Crippen LogP contribution in [0.25, 0.3) is 11.1 Å². The van der Waals surface area contributed by atoms with Gasteiger partial charge in [-0.25, -0.2) is 0 Å². The van der Waals surface area contributed by atoms with E-state index in [0.29, 0.717) is 38.0 Å². The number of hydrogen-bond acceptors (Lipinski definition) is 4. The lowest BCUT2D eigenvalue weighted by Crippen LogP contribution is -2.47. The van der Waals surface area contributed by atoms with E-state index in [0.717, 1.165) is 17.7 Å². The quantitative estimate of drug-likeness (QED) is 0.581. The molecule has 0 atom stereocenters. The number of rotatable bonds is 9. The van der Waals surface area contributed by atoms with Gasteiger partial charge in [-0.1, -0.05) is 56.3 Å². The van der Waals surface area contributed by atoms with Gasteiger partial charge in [-0.3, -0.25) is 14.4 Å². The molecule has 7 heteroatoms. The van der Waals surface area contributed by atoms with Gasteiger partial charge < -0.3 is 20.4 Å². The molecule has 0 unspecified atom stereocenters. The fraction of sp³-hybridized carbons (Fsp3) is 0.464. The molecule has 0 radical (unpaired) electrons. The van der Waals surface area contributed by atoms with Crippen molar-refractivity contribution in [3.63, 3.8) is 0 Å². The number of nitrogens with one attached hydrogen (secondary N) is 2. The monoisotopic (exact) mass is 478 g/mol. The Kier molecular flexibility index (Phi) is 9.04. The zero-order valence-electron chi connectivity index (χ0n) is 21.3. The third kappa shape index (κ3) is 7.92. The van der Waals surface area contributed by atoms with Gasteiger partial charge in [0, 0.05) is 37.7 Å². The Morgan fingerprint density at radius 2 is 1.51 bits per heavy atom. The Morgan fingerprint density at radius 1 is 0.914 bits per heavy atom. The maximum absolute atomic E-state index is 12.6. The maximum Gasteiger partial charge on any atom is 0.251 e. The van der Waals surface area contributed by atoms with Crippen molar-refractivity contribution in [2.75, 3.05) is 46.8 Å². The molecular weight excluding hydrogens is 440 g/mol. The normalized spacial score (nSPS) is 14.6. The molecule has 7 nitrogen and oxygen atoms in total. The molecule has 0 saturated carbocycles. The van der Waals surface area contributed by atoms with Crippen molar-refractivity contribution in [3.8, 4) is 11.1 Å². The summed E-state index contributed by atoms with van der Waals surface area (Å²) in [5, 5.41) is 5.82. The van der Waals surface area contributed by atoms with Crippen LogP contribution in [0.5, 0.6) is 0 Å². The average Bonchev–Trinajstić information content (AvgIpc) is 2.85. The minimum atomic E-state index is -0.271. The van der Waals surface area contributed by atoms with Crippen LogP contribution < -0.4 is 10.6 Å². The summed E-state index contributed by atoms with van der Waals surface area (Å²) >= 11 is 0. The molecule has 0 aliphatic carbocycles. The lowest BCUT2D eigenvalue weighted by Gasteiger charge is -2.33. The number of nitrogens with zero attached hydrogens (tertiary/aromatic N) is 2. The number of carbonyl (C=O) groups excluding carboxylic acids is 3. The highest BCUT2D eigenvalue weighted by Gasteiger charge is 2.28. The molecule has 1 aliphatic heterocycles. The summed E-state index contributed by atoms with van der Waals surface area (Å²) < 4.78 is 0. The van der Waals surface area contributed by atoms with Crippen LogP contribution in [-0.2, 0) is 9.59 Å². The highest BCUT2D eigenvalue weighted by Crippen LogP contribution is 2.20. The van der Waals surface area contributed by atoms with Crippen molar-refractivity contribution in [2.24, 2.45) is 11.3 Å². The van der Waals surface area contributed by atoms with Crippen molar-refractivity contribution in [3.05, 3.63) is 60.2 Å². The molecule has 2 aromatic carbocycles. The average molecular weight is 479 g/mol. The van der Waals surface area contributed by atoms with Crippen molar-refractivity contribution in [1.29, 1.82) is 0 Å².